The standard InChI is InChI=1S/C15H15NO4/c1-9-10(2)14(18)16(13(9)17)12(15(19)20)8-11-6-4-3-5-7-11/h3-7,12H,8H2,1-2H3,(H,19,20). The number of rotatable bonds is 4. The third-order valence-corrected chi connectivity index (χ3v) is 3.51. The SMILES string of the molecule is CC1=C(C)C(=O)N(C(Cc2ccccc2)C(=O)O)C1=O. The maximum Gasteiger partial charge on any atom is 0.327 e. The smallest absolute Gasteiger partial charge is 0.327 e. The normalized spacial score (nSPS) is 16.8. The summed E-state index contributed by atoms with van der Waals surface area (Å²) in [5.74, 6) is -2.22. The van der Waals surface area contributed by atoms with E-state index in [2.05, 4.69) is 0 Å². The van der Waals surface area contributed by atoms with Crippen molar-refractivity contribution >= 4 is 17.8 Å². The minimum atomic E-state index is -1.18. The molecule has 0 saturated carbocycles. The zero-order valence-corrected chi connectivity index (χ0v) is 11.3. The van der Waals surface area contributed by atoms with Crippen LogP contribution in [0.1, 0.15) is 19.4 Å². The van der Waals surface area contributed by atoms with Gasteiger partial charge in [-0.15, -0.1) is 0 Å². The molecule has 1 N–H and O–H groups in total. The lowest BCUT2D eigenvalue weighted by Crippen LogP contribution is -2.47. The molecule has 0 fully saturated rings. The average molecular weight is 273 g/mol. The Hall–Kier alpha value is -2.43. The fourth-order valence-corrected chi connectivity index (χ4v) is 2.18. The van der Waals surface area contributed by atoms with Crippen LogP contribution in [0.2, 0.25) is 0 Å². The Balaban J connectivity index is 2.30. The number of carbonyl (C=O) groups is 3. The fraction of sp³-hybridized carbons (Fsp3) is 0.267. The molecule has 5 heteroatoms. The highest BCUT2D eigenvalue weighted by molar-refractivity contribution is 6.20. The zero-order chi connectivity index (χ0) is 14.9. The van der Waals surface area contributed by atoms with E-state index in [1.54, 1.807) is 24.3 Å². The Morgan fingerprint density at radius 3 is 2.05 bits per heavy atom. The van der Waals surface area contributed by atoms with E-state index < -0.39 is 23.8 Å². The predicted octanol–water partition coefficient (Wildman–Crippen LogP) is 1.39. The maximum absolute atomic E-state index is 12.0. The number of aliphatic carboxylic acids is 1. The third-order valence-electron chi connectivity index (χ3n) is 3.51. The van der Waals surface area contributed by atoms with E-state index in [4.69, 9.17) is 0 Å². The van der Waals surface area contributed by atoms with Crippen molar-refractivity contribution < 1.29 is 19.5 Å². The lowest BCUT2D eigenvalue weighted by Gasteiger charge is -2.23. The summed E-state index contributed by atoms with van der Waals surface area (Å²) >= 11 is 0. The molecule has 0 spiro atoms. The van der Waals surface area contributed by atoms with Gasteiger partial charge in [0.25, 0.3) is 11.8 Å². The Bertz CT molecular complexity index is 580. The number of benzene rings is 1. The molecule has 2 amide bonds. The quantitative estimate of drug-likeness (QED) is 0.841. The second-order valence-electron chi connectivity index (χ2n) is 4.77. The van der Waals surface area contributed by atoms with Crippen molar-refractivity contribution in [2.45, 2.75) is 26.3 Å². The van der Waals surface area contributed by atoms with Crippen LogP contribution in [0.15, 0.2) is 41.5 Å². The van der Waals surface area contributed by atoms with Gasteiger partial charge in [-0.3, -0.25) is 14.5 Å². The van der Waals surface area contributed by atoms with Gasteiger partial charge in [0.15, 0.2) is 0 Å². The molecule has 1 aliphatic heterocycles. The number of imide groups is 1. The Kier molecular flexibility index (Phi) is 3.70. The topological polar surface area (TPSA) is 74.7 Å². The van der Waals surface area contributed by atoms with Crippen molar-refractivity contribution in [3.63, 3.8) is 0 Å². The highest BCUT2D eigenvalue weighted by Crippen LogP contribution is 2.23. The van der Waals surface area contributed by atoms with Crippen LogP contribution in [-0.2, 0) is 20.8 Å². The molecule has 5 nitrogen and oxygen atoms in total. The van der Waals surface area contributed by atoms with Gasteiger partial charge < -0.3 is 5.11 Å². The van der Waals surface area contributed by atoms with Crippen LogP contribution < -0.4 is 0 Å². The van der Waals surface area contributed by atoms with E-state index in [0.717, 1.165) is 10.5 Å². The van der Waals surface area contributed by atoms with E-state index in [1.807, 2.05) is 6.07 Å². The van der Waals surface area contributed by atoms with E-state index in [-0.39, 0.29) is 6.42 Å². The minimum absolute atomic E-state index is 0.105. The molecular formula is C15H15NO4. The molecule has 1 atom stereocenters. The van der Waals surface area contributed by atoms with Gasteiger partial charge in [0, 0.05) is 17.6 Å². The molecule has 2 rings (SSSR count). The molecule has 1 aromatic rings. The first-order chi connectivity index (χ1) is 9.43. The number of carbonyl (C=O) groups excluding carboxylic acids is 2. The van der Waals surface area contributed by atoms with Crippen LogP contribution in [0.4, 0.5) is 0 Å². The highest BCUT2D eigenvalue weighted by Gasteiger charge is 2.41. The molecule has 0 saturated heterocycles. The fourth-order valence-electron chi connectivity index (χ4n) is 2.18. The lowest BCUT2D eigenvalue weighted by atomic mass is 10.0. The zero-order valence-electron chi connectivity index (χ0n) is 11.3. The first kappa shape index (κ1) is 14.0. The van der Waals surface area contributed by atoms with Crippen LogP contribution in [0.25, 0.3) is 0 Å². The van der Waals surface area contributed by atoms with Crippen molar-refractivity contribution in [3.05, 3.63) is 47.0 Å². The minimum Gasteiger partial charge on any atom is -0.480 e. The third kappa shape index (κ3) is 2.34. The Labute approximate surface area is 116 Å². The number of hydrogen-bond acceptors (Lipinski definition) is 3. The largest absolute Gasteiger partial charge is 0.480 e. The summed E-state index contributed by atoms with van der Waals surface area (Å²) in [7, 11) is 0. The Morgan fingerprint density at radius 1 is 1.10 bits per heavy atom. The highest BCUT2D eigenvalue weighted by atomic mass is 16.4. The van der Waals surface area contributed by atoms with Crippen LogP contribution in [0.5, 0.6) is 0 Å². The molecule has 104 valence electrons. The monoisotopic (exact) mass is 273 g/mol. The summed E-state index contributed by atoms with van der Waals surface area (Å²) in [5, 5.41) is 9.34. The first-order valence-electron chi connectivity index (χ1n) is 6.25. The van der Waals surface area contributed by atoms with E-state index in [1.165, 1.54) is 13.8 Å². The van der Waals surface area contributed by atoms with Crippen molar-refractivity contribution in [1.82, 2.24) is 4.90 Å². The van der Waals surface area contributed by atoms with E-state index in [9.17, 15) is 19.5 Å². The first-order valence-corrected chi connectivity index (χ1v) is 6.25. The molecule has 1 unspecified atom stereocenters. The van der Waals surface area contributed by atoms with Crippen LogP contribution in [0, 0.1) is 0 Å². The van der Waals surface area contributed by atoms with Crippen LogP contribution in [0.3, 0.4) is 0 Å². The molecule has 1 heterocycles. The number of amides is 2. The van der Waals surface area contributed by atoms with Gasteiger partial charge in [0.1, 0.15) is 6.04 Å². The van der Waals surface area contributed by atoms with Crippen molar-refractivity contribution in [2.24, 2.45) is 0 Å². The number of carboxylic acid groups (broad SMARTS) is 1. The van der Waals surface area contributed by atoms with Gasteiger partial charge >= 0.3 is 5.97 Å². The van der Waals surface area contributed by atoms with Crippen LogP contribution >= 0.6 is 0 Å². The molecule has 0 radical (unpaired) electrons. The Morgan fingerprint density at radius 2 is 1.60 bits per heavy atom. The molecule has 0 aliphatic carbocycles. The molecular weight excluding hydrogens is 258 g/mol. The molecule has 0 bridgehead atoms. The van der Waals surface area contributed by atoms with Gasteiger partial charge in [-0.1, -0.05) is 30.3 Å². The van der Waals surface area contributed by atoms with Crippen molar-refractivity contribution in [2.75, 3.05) is 0 Å². The molecule has 0 aromatic heterocycles. The van der Waals surface area contributed by atoms with Gasteiger partial charge in [-0.2, -0.15) is 0 Å². The van der Waals surface area contributed by atoms with Gasteiger partial charge in [-0.25, -0.2) is 4.79 Å². The van der Waals surface area contributed by atoms with Crippen LogP contribution in [-0.4, -0.2) is 33.8 Å². The predicted molar refractivity (Wildman–Crippen MR) is 71.8 cm³/mol. The van der Waals surface area contributed by atoms with Gasteiger partial charge in [0.2, 0.25) is 0 Å². The number of nitrogens with zero attached hydrogens (tertiary/aromatic N) is 1. The number of carboxylic acids is 1. The summed E-state index contributed by atoms with van der Waals surface area (Å²) in [6.45, 7) is 3.08. The maximum atomic E-state index is 12.0. The van der Waals surface area contributed by atoms with Crippen molar-refractivity contribution in [3.8, 4) is 0 Å². The summed E-state index contributed by atoms with van der Waals surface area (Å²) in [4.78, 5) is 36.4. The van der Waals surface area contributed by atoms with E-state index in [0.29, 0.717) is 11.1 Å². The summed E-state index contributed by atoms with van der Waals surface area (Å²) in [6, 6.07) is 7.77. The molecule has 1 aliphatic rings. The van der Waals surface area contributed by atoms with Gasteiger partial charge in [0.05, 0.1) is 0 Å². The molecule has 1 aromatic carbocycles. The summed E-state index contributed by atoms with van der Waals surface area (Å²) in [5.41, 5.74) is 1.39. The second-order valence-corrected chi connectivity index (χ2v) is 4.77. The second kappa shape index (κ2) is 5.28. The number of hydrogen-bond donors (Lipinski definition) is 1. The summed E-state index contributed by atoms with van der Waals surface area (Å²) < 4.78 is 0. The van der Waals surface area contributed by atoms with Crippen molar-refractivity contribution in [1.29, 1.82) is 0 Å². The lowest BCUT2D eigenvalue weighted by molar-refractivity contribution is -0.153. The van der Waals surface area contributed by atoms with E-state index >= 15 is 0 Å². The average Bonchev–Trinajstić information content (AvgIpc) is 2.62. The molecule has 20 heavy (non-hydrogen) atoms. The summed E-state index contributed by atoms with van der Waals surface area (Å²) in [6.07, 6.45) is 0.105. The van der Waals surface area contributed by atoms with Gasteiger partial charge in [-0.05, 0) is 19.4 Å².